The highest BCUT2D eigenvalue weighted by Crippen LogP contribution is 2.34. The Hall–Kier alpha value is -4.28. The summed E-state index contributed by atoms with van der Waals surface area (Å²) in [5, 5.41) is 6.03. The third-order valence-electron chi connectivity index (χ3n) is 4.03. The number of hydrogen-bond acceptors (Lipinski definition) is 8. The number of halogens is 2. The van der Waals surface area contributed by atoms with Gasteiger partial charge < -0.3 is 24.4 Å². The maximum absolute atomic E-state index is 15.0. The fourth-order valence-corrected chi connectivity index (χ4v) is 2.59. The van der Waals surface area contributed by atoms with Gasteiger partial charge in [0.1, 0.15) is 25.0 Å². The number of hydrogen-bond donors (Lipinski definition) is 1. The van der Waals surface area contributed by atoms with E-state index in [0.29, 0.717) is 5.75 Å². The first-order valence-electron chi connectivity index (χ1n) is 9.10. The van der Waals surface area contributed by atoms with Crippen LogP contribution in [-0.4, -0.2) is 42.9 Å². The lowest BCUT2D eigenvalue weighted by Gasteiger charge is -2.13. The molecule has 0 radical (unpaired) electrons. The Morgan fingerprint density at radius 3 is 2.25 bits per heavy atom. The fraction of sp³-hybridized carbons (Fsp3) is 0.143. The van der Waals surface area contributed by atoms with Crippen molar-refractivity contribution in [1.29, 1.82) is 0 Å². The number of benzene rings is 2. The molecule has 0 unspecified atom stereocenters. The Balaban J connectivity index is 2.00. The number of methoxy groups -OCH3 is 1. The van der Waals surface area contributed by atoms with Crippen molar-refractivity contribution in [3.63, 3.8) is 0 Å². The topological polar surface area (TPSA) is 104 Å². The summed E-state index contributed by atoms with van der Waals surface area (Å²) < 4.78 is 45.1. The van der Waals surface area contributed by atoms with Gasteiger partial charge in [-0.2, -0.15) is 14.4 Å². The van der Waals surface area contributed by atoms with E-state index in [1.54, 1.807) is 24.3 Å². The average Bonchev–Trinajstić information content (AvgIpc) is 2.80. The molecule has 0 aliphatic rings. The summed E-state index contributed by atoms with van der Waals surface area (Å²) in [6, 6.07) is 9.84. The summed E-state index contributed by atoms with van der Waals surface area (Å²) in [7, 11) is 4.05. The van der Waals surface area contributed by atoms with Crippen molar-refractivity contribution in [3.8, 4) is 29.0 Å². The molecule has 0 fully saturated rings. The van der Waals surface area contributed by atoms with E-state index < -0.39 is 29.3 Å². The number of aromatic nitrogens is 2. The third-order valence-corrected chi connectivity index (χ3v) is 4.03. The van der Waals surface area contributed by atoms with Crippen LogP contribution in [0, 0.1) is 11.6 Å². The van der Waals surface area contributed by atoms with Crippen LogP contribution in [0.5, 0.6) is 29.0 Å². The summed E-state index contributed by atoms with van der Waals surface area (Å²) in [4.78, 5) is 24.4. The minimum Gasteiger partial charge on any atom is -0.493 e. The molecule has 0 saturated heterocycles. The zero-order valence-corrected chi connectivity index (χ0v) is 17.3. The second kappa shape index (κ2) is 10.2. The smallest absolute Gasteiger partial charge is 0.273 e. The van der Waals surface area contributed by atoms with Crippen LogP contribution < -0.4 is 19.5 Å². The zero-order chi connectivity index (χ0) is 23.1. The molecule has 1 aromatic heterocycles. The highest BCUT2D eigenvalue weighted by molar-refractivity contribution is 6.45. The van der Waals surface area contributed by atoms with Gasteiger partial charge in [0.15, 0.2) is 17.2 Å². The number of rotatable bonds is 8. The normalized spacial score (nSPS) is 11.0. The van der Waals surface area contributed by atoms with Gasteiger partial charge in [0.25, 0.3) is 17.7 Å². The number of para-hydroxylation sites is 2. The largest absolute Gasteiger partial charge is 0.493 e. The molecule has 0 atom stereocenters. The number of amides is 1. The monoisotopic (exact) mass is 444 g/mol. The van der Waals surface area contributed by atoms with Gasteiger partial charge in [0.05, 0.1) is 12.7 Å². The standard InChI is InChI=1S/C21H18F2N4O5/c1-24-19(28)18(27-30-3)13-9-8-12(22)10-16(13)32-21-17(23)20(25-11-26-21)31-15-7-5-4-6-14(15)29-2/h4-11H,1-3H3,(H,24,28). The van der Waals surface area contributed by atoms with Crippen molar-refractivity contribution in [2.24, 2.45) is 5.16 Å². The van der Waals surface area contributed by atoms with Gasteiger partial charge >= 0.3 is 0 Å². The minimum absolute atomic E-state index is 0.0396. The molecule has 1 amide bonds. The van der Waals surface area contributed by atoms with Crippen LogP contribution in [0.1, 0.15) is 5.56 Å². The molecule has 0 bridgehead atoms. The molecule has 0 aliphatic carbocycles. The van der Waals surface area contributed by atoms with Crippen molar-refractivity contribution >= 4 is 11.6 Å². The summed E-state index contributed by atoms with van der Waals surface area (Å²) in [5.74, 6) is -3.07. The van der Waals surface area contributed by atoms with Gasteiger partial charge in [-0.1, -0.05) is 17.3 Å². The van der Waals surface area contributed by atoms with E-state index in [0.717, 1.165) is 18.5 Å². The van der Waals surface area contributed by atoms with E-state index in [1.165, 1.54) is 27.3 Å². The van der Waals surface area contributed by atoms with Crippen molar-refractivity contribution in [1.82, 2.24) is 15.3 Å². The zero-order valence-electron chi connectivity index (χ0n) is 17.3. The van der Waals surface area contributed by atoms with E-state index in [4.69, 9.17) is 19.0 Å². The first kappa shape index (κ1) is 22.4. The van der Waals surface area contributed by atoms with E-state index in [9.17, 15) is 9.18 Å². The van der Waals surface area contributed by atoms with Crippen LogP contribution >= 0.6 is 0 Å². The lowest BCUT2D eigenvalue weighted by molar-refractivity contribution is -0.114. The average molecular weight is 444 g/mol. The molecule has 3 rings (SSSR count). The van der Waals surface area contributed by atoms with Gasteiger partial charge in [0.2, 0.25) is 5.82 Å². The summed E-state index contributed by atoms with van der Waals surface area (Å²) in [6.45, 7) is 0. The van der Waals surface area contributed by atoms with Gasteiger partial charge in [-0.15, -0.1) is 0 Å². The first-order chi connectivity index (χ1) is 15.5. The molecule has 0 saturated carbocycles. The van der Waals surface area contributed by atoms with Crippen molar-refractivity contribution in [2.45, 2.75) is 0 Å². The SMILES string of the molecule is CNC(=O)C(=NOC)c1ccc(F)cc1Oc1ncnc(Oc2ccccc2OC)c1F. The number of carbonyl (C=O) groups excluding carboxylic acids is 1. The second-order valence-corrected chi connectivity index (χ2v) is 6.00. The highest BCUT2D eigenvalue weighted by atomic mass is 19.1. The molecule has 1 heterocycles. The lowest BCUT2D eigenvalue weighted by atomic mass is 10.1. The van der Waals surface area contributed by atoms with Crippen molar-refractivity contribution in [3.05, 3.63) is 66.0 Å². The molecular formula is C21H18F2N4O5. The van der Waals surface area contributed by atoms with E-state index in [1.807, 2.05) is 0 Å². The van der Waals surface area contributed by atoms with Crippen LogP contribution in [0.15, 0.2) is 53.9 Å². The number of nitrogens with zero attached hydrogens (tertiary/aromatic N) is 3. The quantitative estimate of drug-likeness (QED) is 0.419. The third kappa shape index (κ3) is 4.89. The van der Waals surface area contributed by atoms with Gasteiger partial charge in [-0.05, 0) is 24.3 Å². The molecule has 2 aromatic carbocycles. The Morgan fingerprint density at radius 2 is 1.62 bits per heavy atom. The number of nitrogens with one attached hydrogen (secondary N) is 1. The summed E-state index contributed by atoms with van der Waals surface area (Å²) in [6.07, 6.45) is 1.00. The number of carbonyl (C=O) groups is 1. The fourth-order valence-electron chi connectivity index (χ4n) is 2.59. The van der Waals surface area contributed by atoms with Crippen LogP contribution in [0.25, 0.3) is 0 Å². The van der Waals surface area contributed by atoms with Gasteiger partial charge in [-0.3, -0.25) is 4.79 Å². The molecule has 3 aromatic rings. The predicted octanol–water partition coefficient (Wildman–Crippen LogP) is 3.44. The molecule has 32 heavy (non-hydrogen) atoms. The second-order valence-electron chi connectivity index (χ2n) is 6.00. The number of likely N-dealkylation sites (N-methyl/N-ethyl adjacent to an activating group) is 1. The van der Waals surface area contributed by atoms with Crippen LogP contribution in [0.3, 0.4) is 0 Å². The Labute approximate surface area is 181 Å². The van der Waals surface area contributed by atoms with Crippen molar-refractivity contribution < 1.29 is 32.6 Å². The summed E-state index contributed by atoms with van der Waals surface area (Å²) >= 11 is 0. The van der Waals surface area contributed by atoms with Crippen LogP contribution in [0.4, 0.5) is 8.78 Å². The van der Waals surface area contributed by atoms with E-state index in [2.05, 4.69) is 20.4 Å². The lowest BCUT2D eigenvalue weighted by Crippen LogP contribution is -2.29. The maximum atomic E-state index is 15.0. The van der Waals surface area contributed by atoms with Gasteiger partial charge in [-0.25, -0.2) is 4.39 Å². The Morgan fingerprint density at radius 1 is 0.969 bits per heavy atom. The highest BCUT2D eigenvalue weighted by Gasteiger charge is 2.23. The molecule has 9 nitrogen and oxygen atoms in total. The van der Waals surface area contributed by atoms with Gasteiger partial charge in [0, 0.05) is 13.1 Å². The Bertz CT molecular complexity index is 1160. The Kier molecular flexibility index (Phi) is 7.11. The van der Waals surface area contributed by atoms with E-state index >= 15 is 4.39 Å². The van der Waals surface area contributed by atoms with E-state index in [-0.39, 0.29) is 22.8 Å². The number of oxime groups is 1. The predicted molar refractivity (Wildman–Crippen MR) is 109 cm³/mol. The van der Waals surface area contributed by atoms with Crippen LogP contribution in [0.2, 0.25) is 0 Å². The molecule has 166 valence electrons. The molecule has 1 N–H and O–H groups in total. The van der Waals surface area contributed by atoms with Crippen molar-refractivity contribution in [2.75, 3.05) is 21.3 Å². The molecule has 0 aliphatic heterocycles. The molecule has 0 spiro atoms. The number of ether oxygens (including phenoxy) is 3. The maximum Gasteiger partial charge on any atom is 0.273 e. The summed E-state index contributed by atoms with van der Waals surface area (Å²) in [5.41, 5.74) is -0.178. The minimum atomic E-state index is -1.06. The van der Waals surface area contributed by atoms with Crippen LogP contribution in [-0.2, 0) is 9.63 Å². The molecule has 11 heteroatoms. The first-order valence-corrected chi connectivity index (χ1v) is 9.10. The molecular weight excluding hydrogens is 426 g/mol.